The molecule has 1 saturated carbocycles. The summed E-state index contributed by atoms with van der Waals surface area (Å²) in [6, 6.07) is 9.93. The van der Waals surface area contributed by atoms with E-state index in [1.54, 1.807) is 36.5 Å². The first kappa shape index (κ1) is 18.2. The standard InChI is InChI=1S/C21H21FN4O2/c1-21(16-12-25-28-13-16,17-4-2-3-5-18(17)22)26-19-9-8-15(11-23-19)20(27)24-10-14-6-7-14/h2-5,8-9,11-14H,6-7,10H2,1H3,(H,23,26)(H,24,27). The molecule has 1 aliphatic rings. The molecule has 2 aromatic heterocycles. The minimum atomic E-state index is -0.950. The lowest BCUT2D eigenvalue weighted by molar-refractivity contribution is 0.0951. The van der Waals surface area contributed by atoms with Crippen LogP contribution >= 0.6 is 0 Å². The number of amides is 1. The molecule has 28 heavy (non-hydrogen) atoms. The molecule has 1 fully saturated rings. The smallest absolute Gasteiger partial charge is 0.252 e. The first-order valence-corrected chi connectivity index (χ1v) is 9.23. The Kier molecular flexibility index (Phi) is 4.81. The Morgan fingerprint density at radius 1 is 1.25 bits per heavy atom. The van der Waals surface area contributed by atoms with Crippen LogP contribution < -0.4 is 10.6 Å². The van der Waals surface area contributed by atoms with Crippen molar-refractivity contribution in [3.63, 3.8) is 0 Å². The lowest BCUT2D eigenvalue weighted by Crippen LogP contribution is -2.34. The van der Waals surface area contributed by atoms with Crippen molar-refractivity contribution in [1.29, 1.82) is 0 Å². The third-order valence-electron chi connectivity index (χ3n) is 5.07. The molecule has 0 aliphatic heterocycles. The van der Waals surface area contributed by atoms with Crippen LogP contribution in [-0.2, 0) is 5.54 Å². The van der Waals surface area contributed by atoms with Crippen LogP contribution in [-0.4, -0.2) is 22.6 Å². The zero-order chi connectivity index (χ0) is 19.6. The topological polar surface area (TPSA) is 80.0 Å². The van der Waals surface area contributed by atoms with Crippen molar-refractivity contribution < 1.29 is 13.7 Å². The van der Waals surface area contributed by atoms with Gasteiger partial charge in [-0.05, 0) is 43.9 Å². The molecular weight excluding hydrogens is 359 g/mol. The fourth-order valence-corrected chi connectivity index (χ4v) is 3.13. The Labute approximate surface area is 162 Å². The van der Waals surface area contributed by atoms with Gasteiger partial charge in [-0.3, -0.25) is 4.79 Å². The van der Waals surface area contributed by atoms with E-state index in [1.807, 2.05) is 6.92 Å². The van der Waals surface area contributed by atoms with Crippen molar-refractivity contribution in [3.05, 3.63) is 77.6 Å². The van der Waals surface area contributed by atoms with Gasteiger partial charge in [-0.15, -0.1) is 0 Å². The molecule has 1 atom stereocenters. The van der Waals surface area contributed by atoms with Gasteiger partial charge in [-0.1, -0.05) is 23.4 Å². The number of benzene rings is 1. The first-order chi connectivity index (χ1) is 13.6. The Balaban J connectivity index is 1.57. The number of carbonyl (C=O) groups excluding carboxylic acids is 1. The molecule has 7 heteroatoms. The second-order valence-electron chi connectivity index (χ2n) is 7.23. The van der Waals surface area contributed by atoms with Crippen LogP contribution in [0.15, 0.2) is 59.6 Å². The second kappa shape index (κ2) is 7.42. The summed E-state index contributed by atoms with van der Waals surface area (Å²) in [6.07, 6.45) is 6.88. The van der Waals surface area contributed by atoms with E-state index in [1.165, 1.54) is 31.4 Å². The normalized spacial score (nSPS) is 15.6. The summed E-state index contributed by atoms with van der Waals surface area (Å²) >= 11 is 0. The summed E-state index contributed by atoms with van der Waals surface area (Å²) in [5, 5.41) is 9.92. The molecule has 0 radical (unpaired) electrons. The molecule has 144 valence electrons. The van der Waals surface area contributed by atoms with Gasteiger partial charge in [0.1, 0.15) is 17.9 Å². The largest absolute Gasteiger partial charge is 0.364 e. The molecule has 1 unspecified atom stereocenters. The van der Waals surface area contributed by atoms with E-state index >= 15 is 0 Å². The van der Waals surface area contributed by atoms with E-state index < -0.39 is 5.54 Å². The average Bonchev–Trinajstić information content (AvgIpc) is 3.36. The zero-order valence-corrected chi connectivity index (χ0v) is 15.5. The molecule has 0 spiro atoms. The van der Waals surface area contributed by atoms with Crippen LogP contribution in [0.25, 0.3) is 0 Å². The predicted octanol–water partition coefficient (Wildman–Crippen LogP) is 3.72. The molecule has 0 bridgehead atoms. The molecule has 2 N–H and O–H groups in total. The van der Waals surface area contributed by atoms with E-state index in [-0.39, 0.29) is 11.7 Å². The Hall–Kier alpha value is -3.22. The van der Waals surface area contributed by atoms with Gasteiger partial charge in [0.25, 0.3) is 5.91 Å². The lowest BCUT2D eigenvalue weighted by Gasteiger charge is -2.31. The molecule has 3 aromatic rings. The van der Waals surface area contributed by atoms with Crippen molar-refractivity contribution >= 4 is 11.7 Å². The number of halogens is 1. The van der Waals surface area contributed by atoms with Crippen LogP contribution in [0, 0.1) is 11.7 Å². The Morgan fingerprint density at radius 2 is 2.07 bits per heavy atom. The summed E-state index contributed by atoms with van der Waals surface area (Å²) in [5.41, 5.74) is 0.634. The number of anilines is 1. The highest BCUT2D eigenvalue weighted by atomic mass is 19.1. The summed E-state index contributed by atoms with van der Waals surface area (Å²) in [5.74, 6) is 0.630. The number of hydrogen-bond acceptors (Lipinski definition) is 5. The number of hydrogen-bond donors (Lipinski definition) is 2. The van der Waals surface area contributed by atoms with Crippen LogP contribution in [0.5, 0.6) is 0 Å². The third kappa shape index (κ3) is 3.74. The molecule has 1 aromatic carbocycles. The highest BCUT2D eigenvalue weighted by molar-refractivity contribution is 5.94. The minimum absolute atomic E-state index is 0.137. The fourth-order valence-electron chi connectivity index (χ4n) is 3.13. The summed E-state index contributed by atoms with van der Waals surface area (Å²) in [4.78, 5) is 16.5. The summed E-state index contributed by atoms with van der Waals surface area (Å²) in [7, 11) is 0. The highest BCUT2D eigenvalue weighted by Gasteiger charge is 2.33. The van der Waals surface area contributed by atoms with Crippen LogP contribution in [0.3, 0.4) is 0 Å². The maximum Gasteiger partial charge on any atom is 0.252 e. The molecular formula is C21H21FN4O2. The third-order valence-corrected chi connectivity index (χ3v) is 5.07. The molecule has 4 rings (SSSR count). The van der Waals surface area contributed by atoms with Gasteiger partial charge in [0.05, 0.1) is 17.3 Å². The molecule has 0 saturated heterocycles. The van der Waals surface area contributed by atoms with E-state index in [4.69, 9.17) is 4.52 Å². The second-order valence-corrected chi connectivity index (χ2v) is 7.23. The number of aromatic nitrogens is 2. The van der Waals surface area contributed by atoms with Gasteiger partial charge in [-0.25, -0.2) is 9.37 Å². The number of nitrogens with zero attached hydrogens (tertiary/aromatic N) is 2. The van der Waals surface area contributed by atoms with E-state index in [9.17, 15) is 9.18 Å². The van der Waals surface area contributed by atoms with Gasteiger partial charge in [0, 0.05) is 23.9 Å². The zero-order valence-electron chi connectivity index (χ0n) is 15.5. The molecule has 1 amide bonds. The van der Waals surface area contributed by atoms with E-state index in [0.717, 1.165) is 0 Å². The SMILES string of the molecule is CC(Nc1ccc(C(=O)NCC2CC2)cn1)(c1cnoc1)c1ccccc1F. The van der Waals surface area contributed by atoms with Gasteiger partial charge >= 0.3 is 0 Å². The van der Waals surface area contributed by atoms with Crippen molar-refractivity contribution in [3.8, 4) is 0 Å². The van der Waals surface area contributed by atoms with E-state index in [0.29, 0.717) is 35.0 Å². The molecule has 6 nitrogen and oxygen atoms in total. The van der Waals surface area contributed by atoms with Crippen LogP contribution in [0.4, 0.5) is 10.2 Å². The van der Waals surface area contributed by atoms with Gasteiger partial charge < -0.3 is 15.2 Å². The number of rotatable bonds is 7. The highest BCUT2D eigenvalue weighted by Crippen LogP contribution is 2.34. The number of nitrogens with one attached hydrogen (secondary N) is 2. The summed E-state index contributed by atoms with van der Waals surface area (Å²) in [6.45, 7) is 2.54. The fraction of sp³-hybridized carbons (Fsp3) is 0.286. The Bertz CT molecular complexity index is 955. The number of pyridine rings is 1. The molecule has 1 aliphatic carbocycles. The van der Waals surface area contributed by atoms with Crippen LogP contribution in [0.1, 0.15) is 41.3 Å². The van der Waals surface area contributed by atoms with Gasteiger partial charge in [0.15, 0.2) is 0 Å². The van der Waals surface area contributed by atoms with Crippen molar-refractivity contribution in [2.24, 2.45) is 5.92 Å². The number of carbonyl (C=O) groups is 1. The molecule has 2 heterocycles. The van der Waals surface area contributed by atoms with Crippen molar-refractivity contribution in [1.82, 2.24) is 15.5 Å². The van der Waals surface area contributed by atoms with Gasteiger partial charge in [-0.2, -0.15) is 0 Å². The van der Waals surface area contributed by atoms with Crippen molar-refractivity contribution in [2.75, 3.05) is 11.9 Å². The Morgan fingerprint density at radius 3 is 2.71 bits per heavy atom. The van der Waals surface area contributed by atoms with Crippen molar-refractivity contribution in [2.45, 2.75) is 25.3 Å². The average molecular weight is 380 g/mol. The van der Waals surface area contributed by atoms with Gasteiger partial charge in [0.2, 0.25) is 0 Å². The first-order valence-electron chi connectivity index (χ1n) is 9.23. The monoisotopic (exact) mass is 380 g/mol. The quantitative estimate of drug-likeness (QED) is 0.653. The van der Waals surface area contributed by atoms with E-state index in [2.05, 4.69) is 20.8 Å². The maximum absolute atomic E-state index is 14.5. The van der Waals surface area contributed by atoms with Crippen LogP contribution in [0.2, 0.25) is 0 Å². The maximum atomic E-state index is 14.5. The lowest BCUT2D eigenvalue weighted by atomic mass is 9.86. The summed E-state index contributed by atoms with van der Waals surface area (Å²) < 4.78 is 19.5. The minimum Gasteiger partial charge on any atom is -0.364 e. The predicted molar refractivity (Wildman–Crippen MR) is 102 cm³/mol.